The second-order valence-electron chi connectivity index (χ2n) is 4.47. The van der Waals surface area contributed by atoms with Crippen LogP contribution in [0, 0.1) is 6.92 Å². The van der Waals surface area contributed by atoms with Gasteiger partial charge in [-0.3, -0.25) is 4.90 Å². The minimum absolute atomic E-state index is 1.00. The standard InChI is InChI=1S/C11H20N4/c1-10-11(12-9-14(10)3)8-15-6-4-13(2)5-7-15/h9H,4-8H2,1-3H3. The van der Waals surface area contributed by atoms with Gasteiger partial charge in [-0.2, -0.15) is 0 Å². The largest absolute Gasteiger partial charge is 0.338 e. The van der Waals surface area contributed by atoms with Gasteiger partial charge < -0.3 is 9.47 Å². The molecule has 0 aliphatic carbocycles. The quantitative estimate of drug-likeness (QED) is 0.706. The molecule has 0 radical (unpaired) electrons. The van der Waals surface area contributed by atoms with E-state index < -0.39 is 0 Å². The summed E-state index contributed by atoms with van der Waals surface area (Å²) in [5, 5.41) is 0. The Hall–Kier alpha value is -0.870. The second-order valence-corrected chi connectivity index (χ2v) is 4.47. The molecule has 0 N–H and O–H groups in total. The number of piperazine rings is 1. The number of likely N-dealkylation sites (N-methyl/N-ethyl adjacent to an activating group) is 1. The van der Waals surface area contributed by atoms with E-state index in [1.54, 1.807) is 0 Å². The summed E-state index contributed by atoms with van der Waals surface area (Å²) < 4.78 is 2.09. The highest BCUT2D eigenvalue weighted by Crippen LogP contribution is 2.09. The van der Waals surface area contributed by atoms with E-state index in [-0.39, 0.29) is 0 Å². The molecule has 4 heteroatoms. The van der Waals surface area contributed by atoms with Crippen molar-refractivity contribution in [2.45, 2.75) is 13.5 Å². The zero-order valence-corrected chi connectivity index (χ0v) is 9.90. The van der Waals surface area contributed by atoms with Crippen LogP contribution in [-0.4, -0.2) is 52.6 Å². The fourth-order valence-electron chi connectivity index (χ4n) is 1.91. The average Bonchev–Trinajstić information content (AvgIpc) is 2.53. The normalized spacial score (nSPS) is 19.7. The lowest BCUT2D eigenvalue weighted by molar-refractivity contribution is 0.147. The first-order valence-electron chi connectivity index (χ1n) is 5.54. The minimum atomic E-state index is 1.00. The second kappa shape index (κ2) is 4.33. The van der Waals surface area contributed by atoms with Crippen LogP contribution in [0.3, 0.4) is 0 Å². The lowest BCUT2D eigenvalue weighted by Crippen LogP contribution is -2.44. The van der Waals surface area contributed by atoms with Crippen molar-refractivity contribution in [3.8, 4) is 0 Å². The summed E-state index contributed by atoms with van der Waals surface area (Å²) in [5.74, 6) is 0. The van der Waals surface area contributed by atoms with Crippen molar-refractivity contribution < 1.29 is 0 Å². The van der Waals surface area contributed by atoms with Crippen LogP contribution in [0.1, 0.15) is 11.4 Å². The molecule has 1 aliphatic heterocycles. The zero-order valence-electron chi connectivity index (χ0n) is 9.90. The van der Waals surface area contributed by atoms with E-state index >= 15 is 0 Å². The van der Waals surface area contributed by atoms with Crippen molar-refractivity contribution in [3.63, 3.8) is 0 Å². The molecule has 2 rings (SSSR count). The number of hydrogen-bond donors (Lipinski definition) is 0. The van der Waals surface area contributed by atoms with Crippen LogP contribution in [0.5, 0.6) is 0 Å². The molecule has 1 saturated heterocycles. The van der Waals surface area contributed by atoms with Crippen molar-refractivity contribution in [1.82, 2.24) is 19.4 Å². The highest BCUT2D eigenvalue weighted by atomic mass is 15.2. The van der Waals surface area contributed by atoms with Gasteiger partial charge >= 0.3 is 0 Å². The summed E-state index contributed by atoms with van der Waals surface area (Å²) in [6.07, 6.45) is 1.90. The average molecular weight is 208 g/mol. The molecule has 0 aromatic carbocycles. The zero-order chi connectivity index (χ0) is 10.8. The lowest BCUT2D eigenvalue weighted by atomic mass is 10.2. The molecular weight excluding hydrogens is 188 g/mol. The predicted octanol–water partition coefficient (Wildman–Crippen LogP) is 0.476. The van der Waals surface area contributed by atoms with Crippen molar-refractivity contribution in [3.05, 3.63) is 17.7 Å². The van der Waals surface area contributed by atoms with Crippen LogP contribution in [0.4, 0.5) is 0 Å². The third-order valence-corrected chi connectivity index (χ3v) is 3.30. The van der Waals surface area contributed by atoms with Crippen LogP contribution in [0.15, 0.2) is 6.33 Å². The molecule has 15 heavy (non-hydrogen) atoms. The summed E-state index contributed by atoms with van der Waals surface area (Å²) in [7, 11) is 4.24. The molecule has 84 valence electrons. The maximum Gasteiger partial charge on any atom is 0.0949 e. The van der Waals surface area contributed by atoms with Gasteiger partial charge in [-0.15, -0.1) is 0 Å². The third kappa shape index (κ3) is 2.38. The van der Waals surface area contributed by atoms with Gasteiger partial charge in [-0.25, -0.2) is 4.98 Å². The Morgan fingerprint density at radius 2 is 1.87 bits per heavy atom. The summed E-state index contributed by atoms with van der Waals surface area (Å²) in [4.78, 5) is 9.29. The molecule has 0 amide bonds. The molecule has 1 aromatic rings. The Balaban J connectivity index is 1.94. The van der Waals surface area contributed by atoms with Crippen LogP contribution < -0.4 is 0 Å². The summed E-state index contributed by atoms with van der Waals surface area (Å²) in [6.45, 7) is 7.80. The molecule has 1 aromatic heterocycles. The van der Waals surface area contributed by atoms with E-state index in [1.165, 1.54) is 24.5 Å². The van der Waals surface area contributed by atoms with Gasteiger partial charge in [0.1, 0.15) is 0 Å². The molecule has 0 saturated carbocycles. The SMILES string of the molecule is Cc1c(CN2CCN(C)CC2)ncn1C. The fraction of sp³-hybridized carbons (Fsp3) is 0.727. The number of aryl methyl sites for hydroxylation is 1. The molecule has 1 aliphatic rings. The van der Waals surface area contributed by atoms with Crippen LogP contribution in [-0.2, 0) is 13.6 Å². The number of rotatable bonds is 2. The maximum atomic E-state index is 4.44. The molecule has 0 spiro atoms. The van der Waals surface area contributed by atoms with Gasteiger partial charge in [0.05, 0.1) is 12.0 Å². The Kier molecular flexibility index (Phi) is 3.07. The third-order valence-electron chi connectivity index (χ3n) is 3.30. The van der Waals surface area contributed by atoms with Crippen LogP contribution >= 0.6 is 0 Å². The first-order valence-corrected chi connectivity index (χ1v) is 5.54. The fourth-order valence-corrected chi connectivity index (χ4v) is 1.91. The van der Waals surface area contributed by atoms with E-state index in [0.29, 0.717) is 0 Å². The van der Waals surface area contributed by atoms with Gasteiger partial charge in [0.15, 0.2) is 0 Å². The lowest BCUT2D eigenvalue weighted by Gasteiger charge is -2.31. The summed E-state index contributed by atoms with van der Waals surface area (Å²) in [6, 6.07) is 0. The Morgan fingerprint density at radius 3 is 2.40 bits per heavy atom. The molecule has 2 heterocycles. The van der Waals surface area contributed by atoms with Crippen LogP contribution in [0.2, 0.25) is 0 Å². The van der Waals surface area contributed by atoms with Gasteiger partial charge in [0.25, 0.3) is 0 Å². The number of hydrogen-bond acceptors (Lipinski definition) is 3. The molecular formula is C11H20N4. The van der Waals surface area contributed by atoms with E-state index in [9.17, 15) is 0 Å². The first-order chi connectivity index (χ1) is 7.16. The molecule has 4 nitrogen and oxygen atoms in total. The number of nitrogens with zero attached hydrogens (tertiary/aromatic N) is 4. The van der Waals surface area contributed by atoms with Gasteiger partial charge in [-0.05, 0) is 14.0 Å². The molecule has 1 fully saturated rings. The summed E-state index contributed by atoms with van der Waals surface area (Å²) in [5.41, 5.74) is 2.51. The number of imidazole rings is 1. The smallest absolute Gasteiger partial charge is 0.0949 e. The maximum absolute atomic E-state index is 4.44. The van der Waals surface area contributed by atoms with Crippen molar-refractivity contribution in [1.29, 1.82) is 0 Å². The monoisotopic (exact) mass is 208 g/mol. The highest BCUT2D eigenvalue weighted by molar-refractivity contribution is 5.10. The minimum Gasteiger partial charge on any atom is -0.338 e. The van der Waals surface area contributed by atoms with E-state index in [2.05, 4.69) is 40.4 Å². The Labute approximate surface area is 91.5 Å². The van der Waals surface area contributed by atoms with Crippen molar-refractivity contribution in [2.75, 3.05) is 33.2 Å². The van der Waals surface area contributed by atoms with Gasteiger partial charge in [0, 0.05) is 45.5 Å². The predicted molar refractivity (Wildman–Crippen MR) is 60.7 cm³/mol. The van der Waals surface area contributed by atoms with Crippen molar-refractivity contribution in [2.24, 2.45) is 7.05 Å². The molecule has 0 bridgehead atoms. The van der Waals surface area contributed by atoms with E-state index in [4.69, 9.17) is 0 Å². The molecule has 0 unspecified atom stereocenters. The van der Waals surface area contributed by atoms with E-state index in [0.717, 1.165) is 19.6 Å². The van der Waals surface area contributed by atoms with Crippen LogP contribution in [0.25, 0.3) is 0 Å². The number of aromatic nitrogens is 2. The topological polar surface area (TPSA) is 24.3 Å². The Morgan fingerprint density at radius 1 is 1.20 bits per heavy atom. The van der Waals surface area contributed by atoms with Gasteiger partial charge in [0.2, 0.25) is 0 Å². The summed E-state index contributed by atoms with van der Waals surface area (Å²) >= 11 is 0. The first kappa shape index (κ1) is 10.6. The van der Waals surface area contributed by atoms with Crippen molar-refractivity contribution >= 4 is 0 Å². The highest BCUT2D eigenvalue weighted by Gasteiger charge is 2.15. The Bertz CT molecular complexity index is 323. The van der Waals surface area contributed by atoms with Gasteiger partial charge in [-0.1, -0.05) is 0 Å². The molecule has 0 atom stereocenters. The van der Waals surface area contributed by atoms with E-state index in [1.807, 2.05) is 6.33 Å².